The zero-order valence-electron chi connectivity index (χ0n) is 8.55. The van der Waals surface area contributed by atoms with Gasteiger partial charge in [0.2, 0.25) is 11.8 Å². The van der Waals surface area contributed by atoms with Crippen LogP contribution in [-0.2, 0) is 9.59 Å². The van der Waals surface area contributed by atoms with Crippen LogP contribution >= 0.6 is 43.5 Å². The molecule has 0 fully saturated rings. The zero-order chi connectivity index (χ0) is 12.5. The molecule has 0 aliphatic rings. The van der Waals surface area contributed by atoms with Crippen molar-refractivity contribution >= 4 is 61.0 Å². The lowest BCUT2D eigenvalue weighted by atomic mass is 10.3. The maximum Gasteiger partial charge on any atom is 0.230 e. The lowest BCUT2D eigenvalue weighted by Gasteiger charge is -2.20. The van der Waals surface area contributed by atoms with E-state index in [-0.39, 0.29) is 11.8 Å². The lowest BCUT2D eigenvalue weighted by molar-refractivity contribution is -0.124. The zero-order valence-corrected chi connectivity index (χ0v) is 12.5. The van der Waals surface area contributed by atoms with Gasteiger partial charge in [0, 0.05) is 22.8 Å². The van der Waals surface area contributed by atoms with Crippen LogP contribution in [0.4, 0.5) is 5.69 Å². The van der Waals surface area contributed by atoms with E-state index in [4.69, 9.17) is 11.6 Å². The van der Waals surface area contributed by atoms with Crippen molar-refractivity contribution in [1.82, 2.24) is 0 Å². The predicted molar refractivity (Wildman–Crippen MR) is 70.7 cm³/mol. The Morgan fingerprint density at radius 2 is 1.69 bits per heavy atom. The normalized spacial score (nSPS) is 10.1. The Morgan fingerprint density at radius 3 is 2.06 bits per heavy atom. The minimum Gasteiger partial charge on any atom is -0.274 e. The fourth-order valence-corrected chi connectivity index (χ4v) is 3.24. The molecule has 0 bridgehead atoms. The van der Waals surface area contributed by atoms with Gasteiger partial charge in [0.15, 0.2) is 0 Å². The van der Waals surface area contributed by atoms with Crippen LogP contribution in [0.2, 0.25) is 5.02 Å². The molecular formula is C10H8Br2ClNO2. The van der Waals surface area contributed by atoms with Gasteiger partial charge in [-0.15, -0.1) is 0 Å². The van der Waals surface area contributed by atoms with Gasteiger partial charge in [0.1, 0.15) is 0 Å². The van der Waals surface area contributed by atoms with E-state index in [0.717, 1.165) is 9.37 Å². The number of carbonyl (C=O) groups excluding carboxylic acids is 2. The highest BCUT2D eigenvalue weighted by atomic mass is 79.9. The van der Waals surface area contributed by atoms with E-state index in [1.807, 2.05) is 0 Å². The van der Waals surface area contributed by atoms with Gasteiger partial charge < -0.3 is 0 Å². The molecular weight excluding hydrogens is 361 g/mol. The topological polar surface area (TPSA) is 37.4 Å². The molecule has 0 spiro atoms. The molecule has 0 N–H and O–H groups in total. The second-order valence-corrected chi connectivity index (χ2v) is 5.27. The van der Waals surface area contributed by atoms with Crippen molar-refractivity contribution in [3.8, 4) is 0 Å². The number of anilines is 1. The molecule has 16 heavy (non-hydrogen) atoms. The highest BCUT2D eigenvalue weighted by Crippen LogP contribution is 2.37. The Labute approximate surface area is 115 Å². The first-order valence-corrected chi connectivity index (χ1v) is 6.26. The molecule has 0 aliphatic carbocycles. The fourth-order valence-electron chi connectivity index (χ4n) is 1.28. The van der Waals surface area contributed by atoms with Gasteiger partial charge in [-0.05, 0) is 28.1 Å². The number of benzene rings is 1. The molecule has 0 saturated carbocycles. The average Bonchev–Trinajstić information content (AvgIpc) is 2.09. The van der Waals surface area contributed by atoms with Crippen molar-refractivity contribution in [3.05, 3.63) is 26.1 Å². The molecule has 0 unspecified atom stereocenters. The van der Waals surface area contributed by atoms with Gasteiger partial charge >= 0.3 is 0 Å². The van der Waals surface area contributed by atoms with Crippen LogP contribution < -0.4 is 4.90 Å². The largest absolute Gasteiger partial charge is 0.274 e. The number of nitrogens with zero attached hydrogens (tertiary/aromatic N) is 1. The van der Waals surface area contributed by atoms with Crippen LogP contribution in [0, 0.1) is 0 Å². The van der Waals surface area contributed by atoms with Crippen LogP contribution in [0.1, 0.15) is 13.8 Å². The summed E-state index contributed by atoms with van der Waals surface area (Å²) in [5.74, 6) is -0.755. The van der Waals surface area contributed by atoms with Gasteiger partial charge in [-0.2, -0.15) is 0 Å². The predicted octanol–water partition coefficient (Wildman–Crippen LogP) is 3.76. The average molecular weight is 369 g/mol. The lowest BCUT2D eigenvalue weighted by Crippen LogP contribution is -2.33. The second kappa shape index (κ2) is 5.29. The van der Waals surface area contributed by atoms with Crippen molar-refractivity contribution in [3.63, 3.8) is 0 Å². The number of amides is 2. The smallest absolute Gasteiger partial charge is 0.230 e. The Bertz CT molecular complexity index is 425. The summed E-state index contributed by atoms with van der Waals surface area (Å²) in [5, 5.41) is 0.326. The molecule has 1 aromatic carbocycles. The standard InChI is InChI=1S/C10H8Br2ClNO2/c1-5(15)14(6(2)16)10-8(12)3-7(11)4-9(10)13/h3-4H,1-2H3. The number of hydrogen-bond acceptors (Lipinski definition) is 2. The minimum absolute atomic E-state index is 0.326. The van der Waals surface area contributed by atoms with E-state index in [0.29, 0.717) is 15.2 Å². The highest BCUT2D eigenvalue weighted by Gasteiger charge is 2.22. The minimum atomic E-state index is -0.377. The molecule has 1 rings (SSSR count). The van der Waals surface area contributed by atoms with Gasteiger partial charge in [0.25, 0.3) is 0 Å². The third kappa shape index (κ3) is 2.84. The molecule has 6 heteroatoms. The Kier molecular flexibility index (Phi) is 4.52. The van der Waals surface area contributed by atoms with Crippen LogP contribution in [0.25, 0.3) is 0 Å². The maximum atomic E-state index is 11.4. The first-order chi connectivity index (χ1) is 7.34. The second-order valence-electron chi connectivity index (χ2n) is 3.09. The summed E-state index contributed by atoms with van der Waals surface area (Å²) < 4.78 is 1.34. The van der Waals surface area contributed by atoms with Crippen molar-refractivity contribution in [2.45, 2.75) is 13.8 Å². The summed E-state index contributed by atoms with van der Waals surface area (Å²) in [5.41, 5.74) is 0.366. The van der Waals surface area contributed by atoms with Gasteiger partial charge in [0.05, 0.1) is 10.7 Å². The van der Waals surface area contributed by atoms with Crippen LogP contribution in [0.15, 0.2) is 21.1 Å². The van der Waals surface area contributed by atoms with E-state index in [2.05, 4.69) is 31.9 Å². The van der Waals surface area contributed by atoms with E-state index in [1.165, 1.54) is 13.8 Å². The Balaban J connectivity index is 3.41. The summed E-state index contributed by atoms with van der Waals surface area (Å²) in [6.45, 7) is 2.62. The van der Waals surface area contributed by atoms with Gasteiger partial charge in [-0.25, -0.2) is 4.90 Å². The van der Waals surface area contributed by atoms with Crippen LogP contribution in [0.5, 0.6) is 0 Å². The molecule has 0 heterocycles. The number of carbonyl (C=O) groups is 2. The molecule has 0 radical (unpaired) electrons. The first kappa shape index (κ1) is 13.7. The van der Waals surface area contributed by atoms with Crippen LogP contribution in [0.3, 0.4) is 0 Å². The number of hydrogen-bond donors (Lipinski definition) is 0. The summed E-state index contributed by atoms with van der Waals surface area (Å²) in [6, 6.07) is 3.35. The fraction of sp³-hybridized carbons (Fsp3) is 0.200. The van der Waals surface area contributed by atoms with Crippen molar-refractivity contribution < 1.29 is 9.59 Å². The molecule has 0 aliphatic heterocycles. The Morgan fingerprint density at radius 1 is 1.19 bits per heavy atom. The monoisotopic (exact) mass is 367 g/mol. The van der Waals surface area contributed by atoms with E-state index < -0.39 is 0 Å². The number of halogens is 3. The molecule has 0 saturated heterocycles. The summed E-state index contributed by atoms with van der Waals surface area (Å²) in [6.07, 6.45) is 0. The highest BCUT2D eigenvalue weighted by molar-refractivity contribution is 9.11. The molecule has 86 valence electrons. The quantitative estimate of drug-likeness (QED) is 0.756. The third-order valence-corrected chi connectivity index (χ3v) is 3.19. The summed E-state index contributed by atoms with van der Waals surface area (Å²) in [4.78, 5) is 23.8. The maximum absolute atomic E-state index is 11.4. The number of rotatable bonds is 1. The summed E-state index contributed by atoms with van der Waals surface area (Å²) >= 11 is 12.6. The van der Waals surface area contributed by atoms with E-state index in [9.17, 15) is 9.59 Å². The van der Waals surface area contributed by atoms with Crippen LogP contribution in [-0.4, -0.2) is 11.8 Å². The van der Waals surface area contributed by atoms with Crippen molar-refractivity contribution in [2.75, 3.05) is 4.90 Å². The van der Waals surface area contributed by atoms with Gasteiger partial charge in [-0.1, -0.05) is 27.5 Å². The molecule has 2 amide bonds. The SMILES string of the molecule is CC(=O)N(C(C)=O)c1c(Cl)cc(Br)cc1Br. The van der Waals surface area contributed by atoms with E-state index >= 15 is 0 Å². The van der Waals surface area contributed by atoms with Crippen molar-refractivity contribution in [2.24, 2.45) is 0 Å². The summed E-state index contributed by atoms with van der Waals surface area (Å²) in [7, 11) is 0. The molecule has 1 aromatic rings. The van der Waals surface area contributed by atoms with Crippen molar-refractivity contribution in [1.29, 1.82) is 0 Å². The number of imide groups is 1. The third-order valence-electron chi connectivity index (χ3n) is 1.84. The van der Waals surface area contributed by atoms with E-state index in [1.54, 1.807) is 12.1 Å². The molecule has 3 nitrogen and oxygen atoms in total. The first-order valence-electron chi connectivity index (χ1n) is 4.30. The molecule has 0 atom stereocenters. The van der Waals surface area contributed by atoms with Gasteiger partial charge in [-0.3, -0.25) is 9.59 Å². The molecule has 0 aromatic heterocycles. The Hall–Kier alpha value is -0.390.